The Hall–Kier alpha value is -0.440. The summed E-state index contributed by atoms with van der Waals surface area (Å²) in [5.74, 6) is 1.83. The second-order valence-corrected chi connectivity index (χ2v) is 2.77. The van der Waals surface area contributed by atoms with Crippen LogP contribution in [0.4, 0.5) is 0 Å². The fraction of sp³-hybridized carbons (Fsp3) is 0.800. The molecule has 0 rings (SSSR count). The molecule has 0 aromatic heterocycles. The maximum absolute atomic E-state index is 4.00. The molecule has 2 atom stereocenters. The average molecular weight is 140 g/mol. The molecule has 0 aliphatic heterocycles. The fourth-order valence-electron chi connectivity index (χ4n) is 0.805. The average Bonchev–Trinajstić information content (AvgIpc) is 2.05. The third kappa shape index (κ3) is 5.69. The van der Waals surface area contributed by atoms with Crippen molar-refractivity contribution in [2.75, 3.05) is 0 Å². The first-order valence-electron chi connectivity index (χ1n) is 4.05. The molecule has 0 N–H and O–H groups in total. The molecule has 0 radical (unpaired) electrons. The van der Waals surface area contributed by atoms with E-state index in [1.807, 2.05) is 0 Å². The Balaban J connectivity index is 0. The van der Waals surface area contributed by atoms with Crippen LogP contribution in [0.1, 0.15) is 40.5 Å². The Morgan fingerprint density at radius 1 is 0.900 bits per heavy atom. The van der Waals surface area contributed by atoms with Gasteiger partial charge in [0.25, 0.3) is 0 Å². The topological polar surface area (TPSA) is 0 Å². The lowest BCUT2D eigenvalue weighted by molar-refractivity contribution is 0.367. The highest BCUT2D eigenvalue weighted by molar-refractivity contribution is 4.56. The quantitative estimate of drug-likeness (QED) is 0.527. The Morgan fingerprint density at radius 2 is 1.10 bits per heavy atom. The zero-order valence-electron chi connectivity index (χ0n) is 7.72. The summed E-state index contributed by atoms with van der Waals surface area (Å²) in [6.45, 7) is 9.18. The van der Waals surface area contributed by atoms with E-state index in [0.717, 1.165) is 11.8 Å². The van der Waals surface area contributed by atoms with Gasteiger partial charge >= 0.3 is 0 Å². The first-order chi connectivity index (χ1) is 4.72. The summed E-state index contributed by atoms with van der Waals surface area (Å²) in [5, 5.41) is 0. The molecule has 2 unspecified atom stereocenters. The Morgan fingerprint density at radius 3 is 1.20 bits per heavy atom. The van der Waals surface area contributed by atoms with Gasteiger partial charge in [-0.15, -0.1) is 12.8 Å². The van der Waals surface area contributed by atoms with Crippen molar-refractivity contribution >= 4 is 0 Å². The van der Waals surface area contributed by atoms with Gasteiger partial charge in [0.2, 0.25) is 0 Å². The Labute approximate surface area is 66.0 Å². The maximum atomic E-state index is 4.00. The smallest absolute Gasteiger partial charge is 0.0420 e. The third-order valence-electron chi connectivity index (χ3n) is 2.26. The SMILES string of the molecule is C#C.CCC(C)C(C)CC. The number of hydrogen-bond acceptors (Lipinski definition) is 0. The molecule has 0 aliphatic rings. The van der Waals surface area contributed by atoms with Crippen molar-refractivity contribution < 1.29 is 0 Å². The first kappa shape index (κ1) is 12.3. The molecule has 0 aromatic rings. The van der Waals surface area contributed by atoms with Gasteiger partial charge in [-0.2, -0.15) is 0 Å². The molecule has 0 saturated carbocycles. The predicted molar refractivity (Wildman–Crippen MR) is 48.8 cm³/mol. The second kappa shape index (κ2) is 8.56. The third-order valence-corrected chi connectivity index (χ3v) is 2.26. The van der Waals surface area contributed by atoms with E-state index in [1.54, 1.807) is 0 Å². The lowest BCUT2D eigenvalue weighted by Gasteiger charge is -2.14. The van der Waals surface area contributed by atoms with E-state index < -0.39 is 0 Å². The standard InChI is InChI=1S/C8H18.C2H2/c1-5-7(3)8(4)6-2;1-2/h7-8H,5-6H2,1-4H3;1-2H. The van der Waals surface area contributed by atoms with E-state index in [2.05, 4.69) is 40.5 Å². The van der Waals surface area contributed by atoms with Gasteiger partial charge in [0.05, 0.1) is 0 Å². The van der Waals surface area contributed by atoms with Crippen molar-refractivity contribution in [1.82, 2.24) is 0 Å². The molecule has 0 bridgehead atoms. The van der Waals surface area contributed by atoms with Crippen molar-refractivity contribution in [3.8, 4) is 12.8 Å². The molecule has 0 heterocycles. The summed E-state index contributed by atoms with van der Waals surface area (Å²) >= 11 is 0. The maximum Gasteiger partial charge on any atom is -0.0420 e. The lowest BCUT2D eigenvalue weighted by atomic mass is 9.92. The van der Waals surface area contributed by atoms with Crippen LogP contribution in [0, 0.1) is 24.7 Å². The Kier molecular flexibility index (Phi) is 10.5. The number of rotatable bonds is 3. The number of hydrogen-bond donors (Lipinski definition) is 0. The van der Waals surface area contributed by atoms with Crippen LogP contribution in [-0.2, 0) is 0 Å². The zero-order chi connectivity index (χ0) is 8.57. The van der Waals surface area contributed by atoms with Gasteiger partial charge in [0.1, 0.15) is 0 Å². The summed E-state index contributed by atoms with van der Waals surface area (Å²) in [6.07, 6.45) is 10.7. The van der Waals surface area contributed by atoms with Crippen molar-refractivity contribution in [2.45, 2.75) is 40.5 Å². The van der Waals surface area contributed by atoms with Crippen LogP contribution in [0.3, 0.4) is 0 Å². The lowest BCUT2D eigenvalue weighted by Crippen LogP contribution is -2.04. The van der Waals surface area contributed by atoms with E-state index >= 15 is 0 Å². The molecule has 0 aliphatic carbocycles. The number of terminal acetylenes is 1. The van der Waals surface area contributed by atoms with E-state index in [-0.39, 0.29) is 0 Å². The summed E-state index contributed by atoms with van der Waals surface area (Å²) in [7, 11) is 0. The minimum Gasteiger partial charge on any atom is -0.124 e. The summed E-state index contributed by atoms with van der Waals surface area (Å²) in [6, 6.07) is 0. The molecule has 0 nitrogen and oxygen atoms in total. The highest BCUT2D eigenvalue weighted by Gasteiger charge is 2.05. The van der Waals surface area contributed by atoms with Crippen molar-refractivity contribution in [3.05, 3.63) is 0 Å². The van der Waals surface area contributed by atoms with Crippen molar-refractivity contribution in [1.29, 1.82) is 0 Å². The fourth-order valence-corrected chi connectivity index (χ4v) is 0.805. The molecular formula is C10H20. The van der Waals surface area contributed by atoms with Gasteiger partial charge in [-0.3, -0.25) is 0 Å². The molecule has 0 amide bonds. The molecule has 60 valence electrons. The van der Waals surface area contributed by atoms with Gasteiger partial charge in [0.15, 0.2) is 0 Å². The van der Waals surface area contributed by atoms with E-state index in [1.165, 1.54) is 12.8 Å². The van der Waals surface area contributed by atoms with Crippen molar-refractivity contribution in [2.24, 2.45) is 11.8 Å². The monoisotopic (exact) mass is 140 g/mol. The van der Waals surface area contributed by atoms with Gasteiger partial charge in [-0.1, -0.05) is 40.5 Å². The minimum absolute atomic E-state index is 0.917. The van der Waals surface area contributed by atoms with E-state index in [4.69, 9.17) is 0 Å². The van der Waals surface area contributed by atoms with Gasteiger partial charge < -0.3 is 0 Å². The summed E-state index contributed by atoms with van der Waals surface area (Å²) in [5.41, 5.74) is 0. The van der Waals surface area contributed by atoms with Crippen LogP contribution >= 0.6 is 0 Å². The Bertz CT molecular complexity index is 63.4. The molecule has 0 heteroatoms. The van der Waals surface area contributed by atoms with Crippen LogP contribution in [0.25, 0.3) is 0 Å². The van der Waals surface area contributed by atoms with Crippen LogP contribution < -0.4 is 0 Å². The van der Waals surface area contributed by atoms with E-state index in [9.17, 15) is 0 Å². The highest BCUT2D eigenvalue weighted by atomic mass is 14.1. The highest BCUT2D eigenvalue weighted by Crippen LogP contribution is 2.16. The normalized spacial score (nSPS) is 14.6. The largest absolute Gasteiger partial charge is 0.124 e. The zero-order valence-corrected chi connectivity index (χ0v) is 7.72. The summed E-state index contributed by atoms with van der Waals surface area (Å²) in [4.78, 5) is 0. The van der Waals surface area contributed by atoms with Crippen LogP contribution in [0.5, 0.6) is 0 Å². The van der Waals surface area contributed by atoms with Crippen molar-refractivity contribution in [3.63, 3.8) is 0 Å². The molecule has 0 spiro atoms. The predicted octanol–water partition coefficient (Wildman–Crippen LogP) is 3.33. The van der Waals surface area contributed by atoms with Crippen LogP contribution in [0.2, 0.25) is 0 Å². The van der Waals surface area contributed by atoms with Crippen LogP contribution in [0.15, 0.2) is 0 Å². The molecule has 10 heavy (non-hydrogen) atoms. The van der Waals surface area contributed by atoms with Gasteiger partial charge in [-0.25, -0.2) is 0 Å². The molecule has 0 saturated heterocycles. The van der Waals surface area contributed by atoms with Gasteiger partial charge in [0, 0.05) is 0 Å². The minimum atomic E-state index is 0.917. The molecule has 0 aromatic carbocycles. The molecular weight excluding hydrogens is 120 g/mol. The second-order valence-electron chi connectivity index (χ2n) is 2.77. The van der Waals surface area contributed by atoms with Crippen LogP contribution in [-0.4, -0.2) is 0 Å². The first-order valence-corrected chi connectivity index (χ1v) is 4.05. The van der Waals surface area contributed by atoms with E-state index in [0.29, 0.717) is 0 Å². The molecule has 0 fully saturated rings. The van der Waals surface area contributed by atoms with Gasteiger partial charge in [-0.05, 0) is 11.8 Å². The summed E-state index contributed by atoms with van der Waals surface area (Å²) < 4.78 is 0.